The molecule has 2 amide bonds. The molecule has 0 saturated carbocycles. The monoisotopic (exact) mass is 160 g/mol. The van der Waals surface area contributed by atoms with E-state index in [-0.39, 0.29) is 17.9 Å². The van der Waals surface area contributed by atoms with E-state index in [0.29, 0.717) is 0 Å². The lowest BCUT2D eigenvalue weighted by Gasteiger charge is -2.10. The maximum atomic E-state index is 10.6. The molecule has 64 valence electrons. The molecule has 0 aromatic rings. The first-order valence-electron chi connectivity index (χ1n) is 2.73. The molecule has 0 aliphatic carbocycles. The average Bonchev–Trinajstić information content (AvgIpc) is 1.85. The summed E-state index contributed by atoms with van der Waals surface area (Å²) >= 11 is 0. The molecule has 11 heavy (non-hydrogen) atoms. The molecule has 0 unspecified atom stereocenters. The number of amides is 2. The van der Waals surface area contributed by atoms with Crippen molar-refractivity contribution < 1.29 is 15.1 Å². The third kappa shape index (κ3) is 5.10. The number of hydrogen-bond acceptors (Lipinski definition) is 2. The Kier molecular flexibility index (Phi) is 6.08. The Morgan fingerprint density at radius 1 is 1.64 bits per heavy atom. The smallest absolute Gasteiger partial charge is 0.246 e. The van der Waals surface area contributed by atoms with Gasteiger partial charge in [0, 0.05) is 7.05 Å². The van der Waals surface area contributed by atoms with E-state index in [1.807, 2.05) is 0 Å². The van der Waals surface area contributed by atoms with Crippen LogP contribution in [0, 0.1) is 0 Å². The third-order valence-electron chi connectivity index (χ3n) is 0.944. The number of carbonyl (C=O) groups is 2. The molecule has 0 aromatic carbocycles. The van der Waals surface area contributed by atoms with Gasteiger partial charge < -0.3 is 16.1 Å². The minimum absolute atomic E-state index is 0. The predicted octanol–water partition coefficient (Wildman–Crippen LogP) is -1.71. The van der Waals surface area contributed by atoms with Gasteiger partial charge in [-0.05, 0) is 6.08 Å². The van der Waals surface area contributed by atoms with Gasteiger partial charge in [-0.2, -0.15) is 0 Å². The average molecular weight is 160 g/mol. The minimum Gasteiger partial charge on any atom is -0.412 e. The molecular formula is C6H12N2O3. The second kappa shape index (κ2) is 5.43. The molecule has 0 radical (unpaired) electrons. The van der Waals surface area contributed by atoms with Crippen molar-refractivity contribution >= 4 is 11.8 Å². The van der Waals surface area contributed by atoms with Crippen LogP contribution in [-0.4, -0.2) is 35.8 Å². The Labute approximate surface area is 64.8 Å². The number of carbonyl (C=O) groups excluding carboxylic acids is 2. The molecule has 0 atom stereocenters. The highest BCUT2D eigenvalue weighted by atomic mass is 16.2. The van der Waals surface area contributed by atoms with Gasteiger partial charge in [-0.1, -0.05) is 6.58 Å². The van der Waals surface area contributed by atoms with Crippen LogP contribution in [0.2, 0.25) is 0 Å². The Morgan fingerprint density at radius 2 is 2.09 bits per heavy atom. The fourth-order valence-corrected chi connectivity index (χ4v) is 0.468. The number of hydrogen-bond donors (Lipinski definition) is 1. The van der Waals surface area contributed by atoms with Crippen LogP contribution in [0.5, 0.6) is 0 Å². The molecule has 0 heterocycles. The van der Waals surface area contributed by atoms with Crippen molar-refractivity contribution in [3.63, 3.8) is 0 Å². The normalized spacial score (nSPS) is 7.73. The lowest BCUT2D eigenvalue weighted by atomic mass is 10.5. The largest absolute Gasteiger partial charge is 0.412 e. The summed E-state index contributed by atoms with van der Waals surface area (Å²) in [4.78, 5) is 22.1. The molecule has 0 rings (SSSR count). The number of nitrogens with two attached hydrogens (primary N) is 1. The van der Waals surface area contributed by atoms with E-state index < -0.39 is 5.91 Å². The van der Waals surface area contributed by atoms with E-state index >= 15 is 0 Å². The highest BCUT2D eigenvalue weighted by Gasteiger charge is 2.05. The number of nitrogens with zero attached hydrogens (tertiary/aromatic N) is 1. The summed E-state index contributed by atoms with van der Waals surface area (Å²) in [6.07, 6.45) is 1.13. The Morgan fingerprint density at radius 3 is 2.36 bits per heavy atom. The predicted molar refractivity (Wildman–Crippen MR) is 40.6 cm³/mol. The first-order chi connectivity index (χ1) is 4.57. The second-order valence-electron chi connectivity index (χ2n) is 1.86. The molecule has 0 spiro atoms. The van der Waals surface area contributed by atoms with Crippen molar-refractivity contribution in [2.24, 2.45) is 5.73 Å². The van der Waals surface area contributed by atoms with Crippen LogP contribution in [-0.2, 0) is 9.59 Å². The van der Waals surface area contributed by atoms with Gasteiger partial charge in [0.2, 0.25) is 11.8 Å². The second-order valence-corrected chi connectivity index (χ2v) is 1.86. The van der Waals surface area contributed by atoms with Gasteiger partial charge in [-0.25, -0.2) is 0 Å². The molecule has 0 aromatic heterocycles. The molecule has 0 fully saturated rings. The van der Waals surface area contributed by atoms with E-state index in [1.165, 1.54) is 11.9 Å². The fraction of sp³-hybridized carbons (Fsp3) is 0.333. The third-order valence-corrected chi connectivity index (χ3v) is 0.944. The van der Waals surface area contributed by atoms with E-state index in [9.17, 15) is 9.59 Å². The Balaban J connectivity index is 0. The summed E-state index contributed by atoms with van der Waals surface area (Å²) in [6, 6.07) is 0. The van der Waals surface area contributed by atoms with Crippen LogP contribution in [0.4, 0.5) is 0 Å². The Bertz CT molecular complexity index is 167. The summed E-state index contributed by atoms with van der Waals surface area (Å²) in [7, 11) is 1.48. The van der Waals surface area contributed by atoms with E-state index in [0.717, 1.165) is 6.08 Å². The van der Waals surface area contributed by atoms with Gasteiger partial charge in [0.1, 0.15) is 0 Å². The van der Waals surface area contributed by atoms with Crippen molar-refractivity contribution in [2.45, 2.75) is 0 Å². The van der Waals surface area contributed by atoms with Crippen molar-refractivity contribution in [3.8, 4) is 0 Å². The quantitative estimate of drug-likeness (QED) is 0.497. The summed E-state index contributed by atoms with van der Waals surface area (Å²) in [5.74, 6) is -0.837. The number of primary amides is 1. The Hall–Kier alpha value is -1.36. The molecule has 0 aliphatic heterocycles. The zero-order valence-electron chi connectivity index (χ0n) is 6.33. The maximum absolute atomic E-state index is 10.6. The molecule has 5 nitrogen and oxygen atoms in total. The van der Waals surface area contributed by atoms with E-state index in [1.54, 1.807) is 0 Å². The highest BCUT2D eigenvalue weighted by Crippen LogP contribution is 1.82. The van der Waals surface area contributed by atoms with Gasteiger partial charge in [-0.3, -0.25) is 9.59 Å². The maximum Gasteiger partial charge on any atom is 0.246 e. The molecule has 0 saturated heterocycles. The van der Waals surface area contributed by atoms with Gasteiger partial charge in [0.25, 0.3) is 0 Å². The van der Waals surface area contributed by atoms with Crippen LogP contribution in [0.3, 0.4) is 0 Å². The number of likely N-dealkylation sites (N-methyl/N-ethyl adjacent to an activating group) is 1. The zero-order valence-corrected chi connectivity index (χ0v) is 6.33. The molecular weight excluding hydrogens is 148 g/mol. The minimum atomic E-state index is -0.530. The van der Waals surface area contributed by atoms with Gasteiger partial charge in [0.15, 0.2) is 0 Å². The van der Waals surface area contributed by atoms with Crippen LogP contribution in [0.25, 0.3) is 0 Å². The van der Waals surface area contributed by atoms with Crippen LogP contribution in [0.1, 0.15) is 0 Å². The van der Waals surface area contributed by atoms with Gasteiger partial charge in [-0.15, -0.1) is 0 Å². The topological polar surface area (TPSA) is 94.9 Å². The van der Waals surface area contributed by atoms with Crippen molar-refractivity contribution in [1.82, 2.24) is 4.90 Å². The first-order valence-corrected chi connectivity index (χ1v) is 2.73. The highest BCUT2D eigenvalue weighted by molar-refractivity contribution is 5.90. The van der Waals surface area contributed by atoms with Crippen molar-refractivity contribution in [3.05, 3.63) is 12.7 Å². The molecule has 0 bridgehead atoms. The van der Waals surface area contributed by atoms with Crippen molar-refractivity contribution in [1.29, 1.82) is 0 Å². The van der Waals surface area contributed by atoms with E-state index in [4.69, 9.17) is 5.73 Å². The fourth-order valence-electron chi connectivity index (χ4n) is 0.468. The summed E-state index contributed by atoms with van der Waals surface area (Å²) in [5.41, 5.74) is 4.82. The van der Waals surface area contributed by atoms with Gasteiger partial charge in [0.05, 0.1) is 6.54 Å². The first kappa shape index (κ1) is 12.3. The lowest BCUT2D eigenvalue weighted by molar-refractivity contribution is -0.129. The van der Waals surface area contributed by atoms with E-state index in [2.05, 4.69) is 6.58 Å². The van der Waals surface area contributed by atoms with Crippen LogP contribution in [0.15, 0.2) is 12.7 Å². The SMILES string of the molecule is C=CC(=O)N(C)CC(N)=O.O. The van der Waals surface area contributed by atoms with Gasteiger partial charge >= 0.3 is 0 Å². The zero-order chi connectivity index (χ0) is 8.15. The van der Waals surface area contributed by atoms with Crippen molar-refractivity contribution in [2.75, 3.05) is 13.6 Å². The summed E-state index contributed by atoms with van der Waals surface area (Å²) < 4.78 is 0. The van der Waals surface area contributed by atoms with Crippen LogP contribution >= 0.6 is 0 Å². The summed E-state index contributed by atoms with van der Waals surface area (Å²) in [6.45, 7) is 3.18. The summed E-state index contributed by atoms with van der Waals surface area (Å²) in [5, 5.41) is 0. The molecule has 4 N–H and O–H groups in total. The molecule has 5 heteroatoms. The molecule has 0 aliphatic rings. The lowest BCUT2D eigenvalue weighted by Crippen LogP contribution is -2.34. The van der Waals surface area contributed by atoms with Crippen LogP contribution < -0.4 is 5.73 Å². The number of rotatable bonds is 3. The standard InChI is InChI=1S/C6H10N2O2.H2O/c1-3-6(10)8(2)4-5(7)9;/h3H,1,4H2,2H3,(H2,7,9);1H2.